The van der Waals surface area contributed by atoms with Crippen molar-refractivity contribution >= 4 is 92.5 Å². The summed E-state index contributed by atoms with van der Waals surface area (Å²) in [7, 11) is -3.05. The predicted octanol–water partition coefficient (Wildman–Crippen LogP) is 6.04. The van der Waals surface area contributed by atoms with Crippen molar-refractivity contribution in [3.63, 3.8) is 0 Å². The van der Waals surface area contributed by atoms with Gasteiger partial charge in [0, 0.05) is 36.6 Å². The minimum absolute atomic E-state index is 0.174. The second kappa shape index (κ2) is 11.7. The Balaban J connectivity index is 1.29. The van der Waals surface area contributed by atoms with E-state index >= 15 is 0 Å². The van der Waals surface area contributed by atoms with Gasteiger partial charge in [0.25, 0.3) is 0 Å². The minimum atomic E-state index is -3.05. The molecule has 0 aliphatic carbocycles. The summed E-state index contributed by atoms with van der Waals surface area (Å²) >= 11 is 3.71. The fraction of sp³-hybridized carbons (Fsp3) is 0. The van der Waals surface area contributed by atoms with Crippen LogP contribution in [0.25, 0.3) is 0 Å². The molecule has 0 spiro atoms. The fourth-order valence-corrected chi connectivity index (χ4v) is 16.1. The van der Waals surface area contributed by atoms with Crippen LogP contribution < -0.4 is 42.0 Å². The number of anilines is 3. The van der Waals surface area contributed by atoms with Gasteiger partial charge in [-0.15, -0.1) is 0 Å². The lowest BCUT2D eigenvalue weighted by Gasteiger charge is -2.45. The Morgan fingerprint density at radius 3 is 1.41 bits per heavy atom. The summed E-state index contributed by atoms with van der Waals surface area (Å²) in [6.45, 7) is 0.174. The maximum Gasteiger partial charge on any atom is 0.247 e. The third-order valence-electron chi connectivity index (χ3n) is 10.5. The van der Waals surface area contributed by atoms with E-state index < -0.39 is 8.07 Å². The van der Waals surface area contributed by atoms with Crippen LogP contribution in [0, 0.1) is 22.7 Å². The molecule has 0 N–H and O–H groups in total. The summed E-state index contributed by atoms with van der Waals surface area (Å²) in [6, 6.07) is 61.2. The number of nitrogens with zero attached hydrogens (tertiary/aromatic N) is 3. The van der Waals surface area contributed by atoms with Gasteiger partial charge in [0.2, 0.25) is 6.71 Å². The molecule has 0 saturated carbocycles. The van der Waals surface area contributed by atoms with Gasteiger partial charge >= 0.3 is 0 Å². The van der Waals surface area contributed by atoms with E-state index in [0.717, 1.165) is 27.4 Å². The molecule has 0 radical (unpaired) electrons. The highest BCUT2D eigenvalue weighted by Crippen LogP contribution is 2.45. The van der Waals surface area contributed by atoms with Crippen molar-refractivity contribution in [2.75, 3.05) is 4.90 Å². The summed E-state index contributed by atoms with van der Waals surface area (Å²) in [5, 5.41) is 25.3. The van der Waals surface area contributed by atoms with E-state index in [4.69, 9.17) is 0 Å². The van der Waals surface area contributed by atoms with Crippen molar-refractivity contribution in [2.24, 2.45) is 0 Å². The first-order valence-corrected chi connectivity index (χ1v) is 20.5. The molecule has 0 unspecified atom stereocenters. The van der Waals surface area contributed by atoms with E-state index in [1.807, 2.05) is 35.7 Å². The van der Waals surface area contributed by atoms with Gasteiger partial charge in [-0.05, 0) is 86.9 Å². The predicted molar refractivity (Wildman–Crippen MR) is 214 cm³/mol. The van der Waals surface area contributed by atoms with Crippen molar-refractivity contribution in [3.05, 3.63) is 169 Å². The van der Waals surface area contributed by atoms with Crippen molar-refractivity contribution in [2.45, 2.75) is 19.6 Å². The number of benzene rings is 7. The number of hydrogen-bond acceptors (Lipinski definition) is 5. The second-order valence-electron chi connectivity index (χ2n) is 13.1. The molecule has 3 heterocycles. The Kier molecular flexibility index (Phi) is 6.91. The van der Waals surface area contributed by atoms with E-state index in [9.17, 15) is 10.5 Å². The van der Waals surface area contributed by atoms with E-state index in [1.165, 1.54) is 46.3 Å². The zero-order valence-corrected chi connectivity index (χ0v) is 29.9. The molecule has 0 atom stereocenters. The average molecular weight is 700 g/mol. The van der Waals surface area contributed by atoms with Crippen molar-refractivity contribution in [1.82, 2.24) is 0 Å². The Morgan fingerprint density at radius 2 is 0.941 bits per heavy atom. The largest absolute Gasteiger partial charge is 0.311 e. The van der Waals surface area contributed by atoms with Crippen LogP contribution >= 0.6 is 23.5 Å². The SMILES string of the molecule is N#Cc1ccc2c(c1)[Si](c1ccccc1)(c1ccccc1)c1cc(C#N)ccc1N2c1cc2c3c(c1)Sc1ccccc1B3c1ccccc1S2. The normalized spacial score (nSPS) is 14.2. The molecule has 3 nitrogen and oxygen atoms in total. The number of rotatable bonds is 3. The van der Waals surface area contributed by atoms with Gasteiger partial charge in [-0.1, -0.05) is 132 Å². The molecular weight excluding hydrogens is 674 g/mol. The van der Waals surface area contributed by atoms with Crippen LogP contribution in [0.3, 0.4) is 0 Å². The first-order chi connectivity index (χ1) is 25.2. The summed E-state index contributed by atoms with van der Waals surface area (Å²) in [5.74, 6) is 0. The molecule has 7 aromatic rings. The highest BCUT2D eigenvalue weighted by Gasteiger charge is 2.49. The Bertz CT molecular complexity index is 2470. The first kappa shape index (κ1) is 30.2. The molecule has 3 aliphatic rings. The zero-order chi connectivity index (χ0) is 34.1. The molecule has 0 saturated heterocycles. The maximum atomic E-state index is 10.3. The molecule has 51 heavy (non-hydrogen) atoms. The van der Waals surface area contributed by atoms with Crippen LogP contribution in [0.2, 0.25) is 0 Å². The standard InChI is InChI=1S/C44H26BN3S2Si/c46-27-29-19-21-36-42(23-29)51(32-11-3-1-4-12-32,33-13-5-2-6-14-33)43-24-30(28-47)20-22-37(43)48(36)31-25-40-44-41(26-31)50-39-18-10-8-16-35(39)45(44)34-15-7-9-17-38(34)49-40/h1-26H. The van der Waals surface area contributed by atoms with Crippen molar-refractivity contribution < 1.29 is 0 Å². The van der Waals surface area contributed by atoms with Crippen LogP contribution in [0.5, 0.6) is 0 Å². The smallest absolute Gasteiger partial charge is 0.247 e. The molecule has 0 bridgehead atoms. The van der Waals surface area contributed by atoms with Gasteiger partial charge in [-0.2, -0.15) is 10.5 Å². The molecule has 0 amide bonds. The van der Waals surface area contributed by atoms with Gasteiger partial charge in [-0.25, -0.2) is 0 Å². The number of fused-ring (bicyclic) bond motifs is 6. The molecule has 236 valence electrons. The molecule has 10 rings (SSSR count). The van der Waals surface area contributed by atoms with Crippen molar-refractivity contribution in [3.8, 4) is 12.1 Å². The maximum absolute atomic E-state index is 10.3. The second-order valence-corrected chi connectivity index (χ2v) is 19.0. The molecule has 0 aromatic heterocycles. The van der Waals surface area contributed by atoms with E-state index in [-0.39, 0.29) is 6.71 Å². The number of hydrogen-bond donors (Lipinski definition) is 0. The molecule has 3 aliphatic heterocycles. The summed E-state index contributed by atoms with van der Waals surface area (Å²) < 4.78 is 0. The molecule has 7 aromatic carbocycles. The lowest BCUT2D eigenvalue weighted by atomic mass is 9.36. The highest BCUT2D eigenvalue weighted by atomic mass is 32.2. The van der Waals surface area contributed by atoms with Gasteiger partial charge in [-0.3, -0.25) is 0 Å². The Morgan fingerprint density at radius 1 is 0.490 bits per heavy atom. The third-order valence-corrected chi connectivity index (χ3v) is 17.6. The van der Waals surface area contributed by atoms with E-state index in [1.54, 1.807) is 0 Å². The monoisotopic (exact) mass is 699 g/mol. The average Bonchev–Trinajstić information content (AvgIpc) is 3.19. The van der Waals surface area contributed by atoms with Crippen LogP contribution in [0.4, 0.5) is 17.1 Å². The first-order valence-electron chi connectivity index (χ1n) is 16.9. The Labute approximate surface area is 306 Å². The molecule has 7 heteroatoms. The van der Waals surface area contributed by atoms with Crippen LogP contribution in [-0.4, -0.2) is 14.8 Å². The topological polar surface area (TPSA) is 50.8 Å². The zero-order valence-electron chi connectivity index (χ0n) is 27.2. The van der Waals surface area contributed by atoms with Crippen LogP contribution in [0.15, 0.2) is 177 Å². The third kappa shape index (κ3) is 4.40. The number of nitriles is 2. The van der Waals surface area contributed by atoms with Crippen LogP contribution in [0.1, 0.15) is 11.1 Å². The summed E-state index contributed by atoms with van der Waals surface area (Å²) in [5.41, 5.74) is 8.55. The fourth-order valence-electron chi connectivity index (χ4n) is 8.43. The van der Waals surface area contributed by atoms with Gasteiger partial charge in [0.1, 0.15) is 0 Å². The van der Waals surface area contributed by atoms with Crippen molar-refractivity contribution in [1.29, 1.82) is 10.5 Å². The van der Waals surface area contributed by atoms with E-state index in [2.05, 4.69) is 163 Å². The van der Waals surface area contributed by atoms with Gasteiger partial charge in [0.05, 0.1) is 23.3 Å². The highest BCUT2D eigenvalue weighted by molar-refractivity contribution is 8.01. The van der Waals surface area contributed by atoms with Gasteiger partial charge in [0.15, 0.2) is 8.07 Å². The summed E-state index contributed by atoms with van der Waals surface area (Å²) in [4.78, 5) is 7.49. The lowest BCUT2D eigenvalue weighted by Crippen LogP contribution is -2.77. The van der Waals surface area contributed by atoms with E-state index in [0.29, 0.717) is 11.1 Å². The molecule has 0 fully saturated rings. The molecular formula is C44H26BN3S2Si. The Hall–Kier alpha value is -5.70. The lowest BCUT2D eigenvalue weighted by molar-refractivity contribution is 1.23. The van der Waals surface area contributed by atoms with Crippen LogP contribution in [-0.2, 0) is 0 Å². The summed E-state index contributed by atoms with van der Waals surface area (Å²) in [6.07, 6.45) is 0. The quantitative estimate of drug-likeness (QED) is 0.211. The van der Waals surface area contributed by atoms with Gasteiger partial charge < -0.3 is 4.90 Å². The minimum Gasteiger partial charge on any atom is -0.311 e.